The molecule has 6 heteroatoms. The van der Waals surface area contributed by atoms with Crippen molar-refractivity contribution in [1.29, 1.82) is 0 Å². The first-order valence-electron chi connectivity index (χ1n) is 15.0. The summed E-state index contributed by atoms with van der Waals surface area (Å²) in [6.07, 6.45) is 2.14. The molecular weight excluding hydrogens is 527 g/mol. The van der Waals surface area contributed by atoms with Crippen LogP contribution in [0.15, 0.2) is 72.8 Å². The van der Waals surface area contributed by atoms with Gasteiger partial charge in [-0.25, -0.2) is 4.39 Å². The lowest BCUT2D eigenvalue weighted by Crippen LogP contribution is -2.66. The minimum atomic E-state index is -0.889. The van der Waals surface area contributed by atoms with Gasteiger partial charge in [0, 0.05) is 6.42 Å². The molecule has 1 fully saturated rings. The third-order valence-electron chi connectivity index (χ3n) is 8.40. The normalized spacial score (nSPS) is 20.0. The average molecular weight is 569 g/mol. The van der Waals surface area contributed by atoms with Gasteiger partial charge in [0.05, 0.1) is 0 Å². The molecule has 3 atom stereocenters. The van der Waals surface area contributed by atoms with Crippen molar-refractivity contribution in [2.24, 2.45) is 17.3 Å². The molecule has 0 saturated carbocycles. The van der Waals surface area contributed by atoms with Crippen LogP contribution in [0.1, 0.15) is 70.2 Å². The van der Waals surface area contributed by atoms with E-state index in [1.807, 2.05) is 71.0 Å². The number of rotatable bonds is 8. The molecule has 5 rings (SSSR count). The Balaban J connectivity index is 1.55. The highest BCUT2D eigenvalue weighted by Gasteiger charge is 2.49. The minimum Gasteiger partial charge on any atom is -0.342 e. The maximum Gasteiger partial charge on any atom is 0.247 e. The number of carbonyl (C=O) groups excluding carboxylic acids is 3. The number of hydrogen-bond donors (Lipinski definition) is 1. The fourth-order valence-corrected chi connectivity index (χ4v) is 6.50. The van der Waals surface area contributed by atoms with E-state index < -0.39 is 18.1 Å². The largest absolute Gasteiger partial charge is 0.342 e. The van der Waals surface area contributed by atoms with E-state index in [4.69, 9.17) is 0 Å². The number of halogens is 1. The Morgan fingerprint density at radius 1 is 0.905 bits per heavy atom. The molecule has 1 heterocycles. The Labute approximate surface area is 248 Å². The topological polar surface area (TPSA) is 66.5 Å². The number of Topliss-reactive ketones (excluding diaryl/α,β-unsaturated/α-hetero) is 1. The molecule has 220 valence electrons. The van der Waals surface area contributed by atoms with E-state index in [0.717, 1.165) is 11.1 Å². The molecule has 5 nitrogen and oxygen atoms in total. The second kappa shape index (κ2) is 11.8. The number of hydrogen-bond acceptors (Lipinski definition) is 3. The number of piperazine rings is 1. The first-order chi connectivity index (χ1) is 19.9. The maximum absolute atomic E-state index is 14.5. The monoisotopic (exact) mass is 568 g/mol. The summed E-state index contributed by atoms with van der Waals surface area (Å²) in [7, 11) is 0. The molecule has 2 amide bonds. The lowest BCUT2D eigenvalue weighted by molar-refractivity contribution is -0.157. The van der Waals surface area contributed by atoms with Gasteiger partial charge in [-0.15, -0.1) is 0 Å². The number of amides is 2. The van der Waals surface area contributed by atoms with Gasteiger partial charge in [-0.2, -0.15) is 0 Å². The molecule has 0 spiro atoms. The number of nitrogens with one attached hydrogen (secondary N) is 1. The van der Waals surface area contributed by atoms with Crippen LogP contribution < -0.4 is 5.32 Å². The van der Waals surface area contributed by atoms with Crippen LogP contribution in [-0.4, -0.2) is 34.6 Å². The second-order valence-electron chi connectivity index (χ2n) is 13.5. The summed E-state index contributed by atoms with van der Waals surface area (Å²) in [6, 6.07) is 19.7. The van der Waals surface area contributed by atoms with Crippen LogP contribution in [0.25, 0.3) is 11.1 Å². The fourth-order valence-electron chi connectivity index (χ4n) is 6.50. The lowest BCUT2D eigenvalue weighted by Gasteiger charge is -2.45. The zero-order valence-corrected chi connectivity index (χ0v) is 25.2. The average Bonchev–Trinajstić information content (AvgIpc) is 3.36. The van der Waals surface area contributed by atoms with E-state index in [0.29, 0.717) is 24.8 Å². The highest BCUT2D eigenvalue weighted by atomic mass is 19.1. The Hall–Kier alpha value is -3.80. The molecular formula is C36H41FN2O3. The third-order valence-corrected chi connectivity index (χ3v) is 8.40. The number of ketones is 1. The van der Waals surface area contributed by atoms with Gasteiger partial charge in [-0.05, 0) is 76.5 Å². The van der Waals surface area contributed by atoms with Crippen molar-refractivity contribution in [3.05, 3.63) is 95.3 Å². The van der Waals surface area contributed by atoms with Gasteiger partial charge in [0.1, 0.15) is 23.9 Å². The Bertz CT molecular complexity index is 1430. The van der Waals surface area contributed by atoms with Crippen molar-refractivity contribution < 1.29 is 18.8 Å². The van der Waals surface area contributed by atoms with Crippen LogP contribution in [0, 0.1) is 23.1 Å². The van der Waals surface area contributed by atoms with Crippen molar-refractivity contribution in [3.8, 4) is 11.1 Å². The van der Waals surface area contributed by atoms with Gasteiger partial charge < -0.3 is 10.2 Å². The van der Waals surface area contributed by atoms with E-state index in [9.17, 15) is 18.8 Å². The molecule has 42 heavy (non-hydrogen) atoms. The van der Waals surface area contributed by atoms with Gasteiger partial charge in [0.2, 0.25) is 11.8 Å². The summed E-state index contributed by atoms with van der Waals surface area (Å²) < 4.78 is 13.5. The molecule has 2 aliphatic rings. The number of benzene rings is 3. The predicted octanol–water partition coefficient (Wildman–Crippen LogP) is 6.70. The molecule has 0 radical (unpaired) electrons. The molecule has 0 bridgehead atoms. The second-order valence-corrected chi connectivity index (χ2v) is 13.5. The molecule has 3 aromatic rings. The number of fused-ring (bicyclic) bond motifs is 1. The molecule has 1 saturated heterocycles. The predicted molar refractivity (Wildman–Crippen MR) is 163 cm³/mol. The summed E-state index contributed by atoms with van der Waals surface area (Å²) in [5, 5.41) is 3.08. The Kier molecular flexibility index (Phi) is 8.36. The van der Waals surface area contributed by atoms with Crippen LogP contribution in [0.3, 0.4) is 0 Å². The highest BCUT2D eigenvalue weighted by Crippen LogP contribution is 2.37. The smallest absolute Gasteiger partial charge is 0.247 e. The highest BCUT2D eigenvalue weighted by molar-refractivity contribution is 6.01. The zero-order valence-electron chi connectivity index (χ0n) is 25.2. The van der Waals surface area contributed by atoms with E-state index in [1.165, 1.54) is 23.3 Å². The van der Waals surface area contributed by atoms with Crippen molar-refractivity contribution >= 4 is 17.6 Å². The van der Waals surface area contributed by atoms with Crippen LogP contribution in [0.5, 0.6) is 0 Å². The standard InChI is InChI=1S/C36H41FN2O3/c1-22(2)18-30-34(41)38-32(28-19-26-8-6-7-9-27(26)20-28)35(42)39(30)33(31(40)21-36(3,4)5)25-12-10-23(11-13-25)24-14-16-29(37)17-15-24/h6-17,22,28,30,32-33H,18-21H2,1-5H3,(H,38,41)/t30-,32-,33-/m1/s1. The van der Waals surface area contributed by atoms with Crippen molar-refractivity contribution in [2.75, 3.05) is 0 Å². The van der Waals surface area contributed by atoms with Gasteiger partial charge in [0.25, 0.3) is 0 Å². The van der Waals surface area contributed by atoms with Gasteiger partial charge >= 0.3 is 0 Å². The zero-order chi connectivity index (χ0) is 30.2. The molecule has 0 aromatic heterocycles. The molecule has 0 unspecified atom stereocenters. The number of nitrogens with zero attached hydrogens (tertiary/aromatic N) is 1. The Morgan fingerprint density at radius 2 is 1.45 bits per heavy atom. The molecule has 1 N–H and O–H groups in total. The van der Waals surface area contributed by atoms with Gasteiger partial charge in [0.15, 0.2) is 5.78 Å². The quantitative estimate of drug-likeness (QED) is 0.329. The van der Waals surface area contributed by atoms with E-state index in [-0.39, 0.29) is 47.1 Å². The van der Waals surface area contributed by atoms with Crippen LogP contribution in [-0.2, 0) is 27.2 Å². The maximum atomic E-state index is 14.5. The minimum absolute atomic E-state index is 0.0689. The number of carbonyl (C=O) groups is 3. The first kappa shape index (κ1) is 29.7. The first-order valence-corrected chi connectivity index (χ1v) is 15.0. The fraction of sp³-hybridized carbons (Fsp3) is 0.417. The lowest BCUT2D eigenvalue weighted by atomic mass is 9.83. The van der Waals surface area contributed by atoms with Crippen molar-refractivity contribution in [1.82, 2.24) is 10.2 Å². The SMILES string of the molecule is CC(C)C[C@@H]1C(=O)N[C@H](C2Cc3ccccc3C2)C(=O)N1[C@@H](C(=O)CC(C)(C)C)c1ccc(-c2ccc(F)cc2)cc1. The summed E-state index contributed by atoms with van der Waals surface area (Å²) in [4.78, 5) is 44.1. The molecule has 3 aromatic carbocycles. The van der Waals surface area contributed by atoms with E-state index in [2.05, 4.69) is 17.4 Å². The van der Waals surface area contributed by atoms with Crippen LogP contribution in [0.4, 0.5) is 4.39 Å². The molecule has 1 aliphatic carbocycles. The van der Waals surface area contributed by atoms with Gasteiger partial charge in [-0.3, -0.25) is 14.4 Å². The van der Waals surface area contributed by atoms with E-state index in [1.54, 1.807) is 17.0 Å². The summed E-state index contributed by atoms with van der Waals surface area (Å²) >= 11 is 0. The Morgan fingerprint density at radius 3 is 1.98 bits per heavy atom. The summed E-state index contributed by atoms with van der Waals surface area (Å²) in [5.74, 6) is -0.694. The van der Waals surface area contributed by atoms with E-state index >= 15 is 0 Å². The summed E-state index contributed by atoms with van der Waals surface area (Å²) in [6.45, 7) is 10.1. The van der Waals surface area contributed by atoms with Crippen molar-refractivity contribution in [2.45, 2.75) is 78.4 Å². The van der Waals surface area contributed by atoms with Crippen LogP contribution in [0.2, 0.25) is 0 Å². The summed E-state index contributed by atoms with van der Waals surface area (Å²) in [5.41, 5.74) is 4.52. The molecule has 1 aliphatic heterocycles. The third kappa shape index (κ3) is 6.33. The van der Waals surface area contributed by atoms with Gasteiger partial charge in [-0.1, -0.05) is 95.3 Å². The van der Waals surface area contributed by atoms with Crippen molar-refractivity contribution in [3.63, 3.8) is 0 Å². The van der Waals surface area contributed by atoms with Crippen LogP contribution >= 0.6 is 0 Å².